The number of aromatic nitrogens is 2. The Labute approximate surface area is 108 Å². The topological polar surface area (TPSA) is 40.7 Å². The van der Waals surface area contributed by atoms with E-state index in [4.69, 9.17) is 18.0 Å². The van der Waals surface area contributed by atoms with Gasteiger partial charge < -0.3 is 10.3 Å². The van der Waals surface area contributed by atoms with Crippen LogP contribution in [0, 0.1) is 12.3 Å². The summed E-state index contributed by atoms with van der Waals surface area (Å²) >= 11 is 6.05. The molecular weight excluding hydrogens is 234 g/mol. The number of aryl methyl sites for hydroxylation is 1. The van der Waals surface area contributed by atoms with Crippen LogP contribution >= 0.6 is 11.6 Å². The SMILES string of the molecule is C#CCCCNCc1[nH]c(CCCC)nc1Cl. The molecule has 0 unspecified atom stereocenters. The first-order valence-electron chi connectivity index (χ1n) is 6.15. The molecule has 0 atom stereocenters. The van der Waals surface area contributed by atoms with Gasteiger partial charge in [0, 0.05) is 19.4 Å². The molecule has 1 heterocycles. The van der Waals surface area contributed by atoms with Crippen LogP contribution in [0.4, 0.5) is 0 Å². The van der Waals surface area contributed by atoms with Gasteiger partial charge in [0.15, 0.2) is 5.15 Å². The maximum absolute atomic E-state index is 6.05. The van der Waals surface area contributed by atoms with Crippen LogP contribution in [0.25, 0.3) is 0 Å². The van der Waals surface area contributed by atoms with Crippen molar-refractivity contribution in [2.75, 3.05) is 6.54 Å². The fraction of sp³-hybridized carbons (Fsp3) is 0.615. The Hall–Kier alpha value is -0.980. The molecule has 3 nitrogen and oxygen atoms in total. The zero-order valence-corrected chi connectivity index (χ0v) is 11.1. The van der Waals surface area contributed by atoms with Gasteiger partial charge in [-0.15, -0.1) is 12.3 Å². The van der Waals surface area contributed by atoms with Gasteiger partial charge in [-0.1, -0.05) is 24.9 Å². The van der Waals surface area contributed by atoms with Crippen molar-refractivity contribution in [2.24, 2.45) is 0 Å². The average molecular weight is 254 g/mol. The molecule has 0 spiro atoms. The molecule has 0 fully saturated rings. The Morgan fingerprint density at radius 1 is 1.47 bits per heavy atom. The van der Waals surface area contributed by atoms with E-state index in [2.05, 4.69) is 28.1 Å². The largest absolute Gasteiger partial charge is 0.344 e. The van der Waals surface area contributed by atoms with Crippen LogP contribution in [0.2, 0.25) is 5.15 Å². The third-order valence-corrected chi connectivity index (χ3v) is 2.83. The lowest BCUT2D eigenvalue weighted by atomic mass is 10.2. The first-order chi connectivity index (χ1) is 8.27. The number of aromatic amines is 1. The molecule has 0 aliphatic carbocycles. The zero-order valence-electron chi connectivity index (χ0n) is 10.4. The van der Waals surface area contributed by atoms with Gasteiger partial charge in [-0.2, -0.15) is 0 Å². The van der Waals surface area contributed by atoms with Gasteiger partial charge in [0.1, 0.15) is 5.82 Å². The summed E-state index contributed by atoms with van der Waals surface area (Å²) in [6.07, 6.45) is 10.3. The van der Waals surface area contributed by atoms with Gasteiger partial charge in [-0.3, -0.25) is 0 Å². The Morgan fingerprint density at radius 3 is 3.00 bits per heavy atom. The number of halogens is 1. The molecule has 0 bridgehead atoms. The summed E-state index contributed by atoms with van der Waals surface area (Å²) in [5.74, 6) is 3.60. The number of nitrogens with zero attached hydrogens (tertiary/aromatic N) is 1. The van der Waals surface area contributed by atoms with E-state index in [9.17, 15) is 0 Å². The second kappa shape index (κ2) is 8.16. The molecule has 0 aromatic carbocycles. The first kappa shape index (κ1) is 14.1. The molecule has 17 heavy (non-hydrogen) atoms. The maximum atomic E-state index is 6.05. The van der Waals surface area contributed by atoms with E-state index < -0.39 is 0 Å². The fourth-order valence-corrected chi connectivity index (χ4v) is 1.76. The lowest BCUT2D eigenvalue weighted by Crippen LogP contribution is -2.15. The number of hydrogen-bond acceptors (Lipinski definition) is 2. The molecular formula is C13H20ClN3. The van der Waals surface area contributed by atoms with E-state index in [0.29, 0.717) is 5.15 Å². The van der Waals surface area contributed by atoms with E-state index >= 15 is 0 Å². The standard InChI is InChI=1S/C13H20ClN3/c1-3-5-7-9-15-10-11-13(14)17-12(16-11)8-6-4-2/h1,15H,4-10H2,2H3,(H,16,17). The highest BCUT2D eigenvalue weighted by Gasteiger charge is 2.06. The summed E-state index contributed by atoms with van der Waals surface area (Å²) in [5, 5.41) is 3.88. The number of imidazole rings is 1. The molecule has 0 amide bonds. The highest BCUT2D eigenvalue weighted by molar-refractivity contribution is 6.30. The summed E-state index contributed by atoms with van der Waals surface area (Å²) in [4.78, 5) is 7.56. The van der Waals surface area contributed by atoms with Gasteiger partial charge in [-0.05, 0) is 19.4 Å². The van der Waals surface area contributed by atoms with Gasteiger partial charge in [0.2, 0.25) is 0 Å². The highest BCUT2D eigenvalue weighted by atomic mass is 35.5. The van der Waals surface area contributed by atoms with Crippen LogP contribution in [-0.4, -0.2) is 16.5 Å². The lowest BCUT2D eigenvalue weighted by Gasteiger charge is -2.01. The van der Waals surface area contributed by atoms with Gasteiger partial charge >= 0.3 is 0 Å². The Bertz CT molecular complexity index is 365. The minimum absolute atomic E-state index is 0.584. The van der Waals surface area contributed by atoms with Crippen LogP contribution in [0.15, 0.2) is 0 Å². The van der Waals surface area contributed by atoms with E-state index in [1.807, 2.05) is 0 Å². The molecule has 0 aliphatic heterocycles. The Morgan fingerprint density at radius 2 is 2.29 bits per heavy atom. The fourth-order valence-electron chi connectivity index (χ4n) is 1.55. The van der Waals surface area contributed by atoms with E-state index in [0.717, 1.165) is 56.7 Å². The Kier molecular flexibility index (Phi) is 6.76. The van der Waals surface area contributed by atoms with Crippen molar-refractivity contribution >= 4 is 11.6 Å². The highest BCUT2D eigenvalue weighted by Crippen LogP contribution is 2.13. The van der Waals surface area contributed by atoms with Crippen LogP contribution in [-0.2, 0) is 13.0 Å². The summed E-state index contributed by atoms with van der Waals surface area (Å²) in [5.41, 5.74) is 0.971. The molecule has 0 radical (unpaired) electrons. The summed E-state index contributed by atoms with van der Waals surface area (Å²) < 4.78 is 0. The van der Waals surface area contributed by atoms with Crippen molar-refractivity contribution in [3.8, 4) is 12.3 Å². The molecule has 0 saturated heterocycles. The summed E-state index contributed by atoms with van der Waals surface area (Å²) in [6, 6.07) is 0. The van der Waals surface area contributed by atoms with Crippen molar-refractivity contribution in [1.82, 2.24) is 15.3 Å². The number of rotatable bonds is 8. The third kappa shape index (κ3) is 5.25. The van der Waals surface area contributed by atoms with Crippen molar-refractivity contribution in [3.05, 3.63) is 16.7 Å². The Balaban J connectivity index is 2.32. The predicted molar refractivity (Wildman–Crippen MR) is 72.0 cm³/mol. The molecule has 0 saturated carbocycles. The van der Waals surface area contributed by atoms with Crippen molar-refractivity contribution in [3.63, 3.8) is 0 Å². The normalized spacial score (nSPS) is 10.4. The zero-order chi connectivity index (χ0) is 12.5. The number of unbranched alkanes of at least 4 members (excludes halogenated alkanes) is 2. The van der Waals surface area contributed by atoms with E-state index in [1.54, 1.807) is 0 Å². The molecule has 2 N–H and O–H groups in total. The predicted octanol–water partition coefficient (Wildman–Crippen LogP) is 2.91. The molecule has 94 valence electrons. The van der Waals surface area contributed by atoms with E-state index in [-0.39, 0.29) is 0 Å². The second-order valence-corrected chi connectivity index (χ2v) is 4.40. The van der Waals surface area contributed by atoms with Crippen molar-refractivity contribution in [1.29, 1.82) is 0 Å². The van der Waals surface area contributed by atoms with Crippen molar-refractivity contribution < 1.29 is 0 Å². The minimum atomic E-state index is 0.584. The smallest absolute Gasteiger partial charge is 0.151 e. The summed E-state index contributed by atoms with van der Waals surface area (Å²) in [7, 11) is 0. The summed E-state index contributed by atoms with van der Waals surface area (Å²) in [6.45, 7) is 3.80. The third-order valence-electron chi connectivity index (χ3n) is 2.52. The molecule has 1 rings (SSSR count). The van der Waals surface area contributed by atoms with Crippen LogP contribution in [0.5, 0.6) is 0 Å². The lowest BCUT2D eigenvalue weighted by molar-refractivity contribution is 0.649. The maximum Gasteiger partial charge on any atom is 0.151 e. The second-order valence-electron chi connectivity index (χ2n) is 4.04. The number of terminal acetylenes is 1. The minimum Gasteiger partial charge on any atom is -0.344 e. The molecule has 0 aliphatic rings. The first-order valence-corrected chi connectivity index (χ1v) is 6.53. The van der Waals surface area contributed by atoms with Crippen LogP contribution in [0.3, 0.4) is 0 Å². The quantitative estimate of drug-likeness (QED) is 0.553. The van der Waals surface area contributed by atoms with Gasteiger partial charge in [0.05, 0.1) is 5.69 Å². The van der Waals surface area contributed by atoms with Gasteiger partial charge in [-0.25, -0.2) is 4.98 Å². The molecule has 1 aromatic heterocycles. The average Bonchev–Trinajstić information content (AvgIpc) is 2.67. The monoisotopic (exact) mass is 253 g/mol. The van der Waals surface area contributed by atoms with Gasteiger partial charge in [0.25, 0.3) is 0 Å². The number of H-pyrrole nitrogens is 1. The van der Waals surface area contributed by atoms with Crippen LogP contribution in [0.1, 0.15) is 44.1 Å². The molecule has 4 heteroatoms. The number of nitrogens with one attached hydrogen (secondary N) is 2. The van der Waals surface area contributed by atoms with Crippen molar-refractivity contribution in [2.45, 2.75) is 45.6 Å². The number of hydrogen-bond donors (Lipinski definition) is 2. The van der Waals surface area contributed by atoms with E-state index in [1.165, 1.54) is 0 Å². The van der Waals surface area contributed by atoms with Crippen LogP contribution < -0.4 is 5.32 Å². The molecule has 1 aromatic rings.